The van der Waals surface area contributed by atoms with E-state index in [0.29, 0.717) is 11.8 Å². The number of hydrogen-bond donors (Lipinski definition) is 1. The molecule has 140 valence electrons. The van der Waals surface area contributed by atoms with Gasteiger partial charge in [0.25, 0.3) is 0 Å². The molecular weight excluding hydrogens is 314 g/mol. The fourth-order valence-electron chi connectivity index (χ4n) is 4.57. The molecule has 2 aliphatic rings. The van der Waals surface area contributed by atoms with Crippen LogP contribution in [0.4, 0.5) is 10.5 Å². The summed E-state index contributed by atoms with van der Waals surface area (Å²) in [4.78, 5) is 17.2. The molecule has 6 heteroatoms. The summed E-state index contributed by atoms with van der Waals surface area (Å²) in [5, 5.41) is 7.65. The van der Waals surface area contributed by atoms with Crippen LogP contribution in [0.1, 0.15) is 52.1 Å². The molecule has 6 nitrogen and oxygen atoms in total. The van der Waals surface area contributed by atoms with Crippen LogP contribution in [0.3, 0.4) is 0 Å². The molecule has 0 radical (unpaired) electrons. The van der Waals surface area contributed by atoms with Gasteiger partial charge in [-0.05, 0) is 25.3 Å². The zero-order valence-corrected chi connectivity index (χ0v) is 16.4. The molecule has 0 aliphatic carbocycles. The average Bonchev–Trinajstić information content (AvgIpc) is 3.14. The van der Waals surface area contributed by atoms with Crippen LogP contribution < -0.4 is 5.32 Å². The second-order valence-electron chi connectivity index (χ2n) is 8.53. The summed E-state index contributed by atoms with van der Waals surface area (Å²) in [6.45, 7) is 13.6. The van der Waals surface area contributed by atoms with E-state index in [1.165, 1.54) is 0 Å². The SMILES string of the molecule is CCCCn1ncc(NC(=O)N2C[C@@H]3CN(C)C[C@]3(C)C2)c1C(C)C. The summed E-state index contributed by atoms with van der Waals surface area (Å²) in [5.74, 6) is 0.916. The number of nitrogens with zero attached hydrogens (tertiary/aromatic N) is 4. The van der Waals surface area contributed by atoms with Gasteiger partial charge in [-0.2, -0.15) is 5.10 Å². The number of aromatic nitrogens is 2. The smallest absolute Gasteiger partial charge is 0.321 e. The van der Waals surface area contributed by atoms with Crippen molar-refractivity contribution in [3.63, 3.8) is 0 Å². The van der Waals surface area contributed by atoms with Crippen LogP contribution in [0.2, 0.25) is 0 Å². The monoisotopic (exact) mass is 347 g/mol. The van der Waals surface area contributed by atoms with E-state index in [9.17, 15) is 4.79 Å². The molecule has 0 unspecified atom stereocenters. The van der Waals surface area contributed by atoms with Gasteiger partial charge in [-0.3, -0.25) is 4.68 Å². The Hall–Kier alpha value is -1.56. The van der Waals surface area contributed by atoms with Crippen molar-refractivity contribution in [3.05, 3.63) is 11.9 Å². The maximum atomic E-state index is 12.8. The number of carbonyl (C=O) groups excluding carboxylic acids is 1. The van der Waals surface area contributed by atoms with Crippen LogP contribution >= 0.6 is 0 Å². The van der Waals surface area contributed by atoms with Crippen molar-refractivity contribution >= 4 is 11.7 Å². The minimum absolute atomic E-state index is 0.0234. The third-order valence-electron chi connectivity index (χ3n) is 5.82. The highest BCUT2D eigenvalue weighted by atomic mass is 16.2. The molecule has 0 saturated carbocycles. The molecule has 1 aromatic rings. The predicted molar refractivity (Wildman–Crippen MR) is 101 cm³/mol. The number of amides is 2. The van der Waals surface area contributed by atoms with E-state index < -0.39 is 0 Å². The lowest BCUT2D eigenvalue weighted by Gasteiger charge is -2.24. The van der Waals surface area contributed by atoms with Gasteiger partial charge < -0.3 is 15.1 Å². The van der Waals surface area contributed by atoms with Crippen LogP contribution in [0, 0.1) is 11.3 Å². The highest BCUT2D eigenvalue weighted by molar-refractivity contribution is 5.90. The highest BCUT2D eigenvalue weighted by Crippen LogP contribution is 2.41. The molecule has 2 amide bonds. The highest BCUT2D eigenvalue weighted by Gasteiger charge is 2.49. The van der Waals surface area contributed by atoms with Crippen molar-refractivity contribution in [2.24, 2.45) is 11.3 Å². The Kier molecular flexibility index (Phi) is 5.09. The van der Waals surface area contributed by atoms with Crippen LogP contribution in [-0.4, -0.2) is 58.8 Å². The van der Waals surface area contributed by atoms with Gasteiger partial charge in [0, 0.05) is 38.1 Å². The van der Waals surface area contributed by atoms with Crippen molar-refractivity contribution in [1.29, 1.82) is 0 Å². The van der Waals surface area contributed by atoms with Gasteiger partial charge in [0.1, 0.15) is 0 Å². The first-order chi connectivity index (χ1) is 11.8. The number of hydrogen-bond acceptors (Lipinski definition) is 3. The van der Waals surface area contributed by atoms with E-state index in [2.05, 4.69) is 54.7 Å². The first-order valence-electron chi connectivity index (χ1n) is 9.64. The topological polar surface area (TPSA) is 53.4 Å². The van der Waals surface area contributed by atoms with E-state index in [1.807, 2.05) is 11.1 Å². The Morgan fingerprint density at radius 3 is 2.80 bits per heavy atom. The van der Waals surface area contributed by atoms with E-state index in [1.54, 1.807) is 0 Å². The van der Waals surface area contributed by atoms with Crippen molar-refractivity contribution < 1.29 is 4.79 Å². The summed E-state index contributed by atoms with van der Waals surface area (Å²) in [5.41, 5.74) is 2.24. The molecule has 1 N–H and O–H groups in total. The molecule has 3 rings (SSSR count). The lowest BCUT2D eigenvalue weighted by atomic mass is 9.83. The van der Waals surface area contributed by atoms with E-state index in [4.69, 9.17) is 0 Å². The van der Waals surface area contributed by atoms with Crippen LogP contribution in [0.5, 0.6) is 0 Å². The minimum Gasteiger partial charge on any atom is -0.324 e. The van der Waals surface area contributed by atoms with E-state index in [0.717, 1.165) is 56.9 Å². The Labute approximate surface area is 151 Å². The Bertz CT molecular complexity index is 625. The molecule has 2 atom stereocenters. The third-order valence-corrected chi connectivity index (χ3v) is 5.82. The fourth-order valence-corrected chi connectivity index (χ4v) is 4.57. The van der Waals surface area contributed by atoms with Crippen LogP contribution in [-0.2, 0) is 6.54 Å². The van der Waals surface area contributed by atoms with Crippen molar-refractivity contribution in [2.75, 3.05) is 38.5 Å². The lowest BCUT2D eigenvalue weighted by Crippen LogP contribution is -2.37. The summed E-state index contributed by atoms with van der Waals surface area (Å²) < 4.78 is 2.05. The Morgan fingerprint density at radius 1 is 1.40 bits per heavy atom. The predicted octanol–water partition coefficient (Wildman–Crippen LogP) is 3.22. The van der Waals surface area contributed by atoms with E-state index >= 15 is 0 Å². The molecule has 3 heterocycles. The number of unbranched alkanes of at least 4 members (excludes halogenated alkanes) is 1. The lowest BCUT2D eigenvalue weighted by molar-refractivity contribution is 0.209. The number of urea groups is 1. The number of aryl methyl sites for hydroxylation is 1. The first-order valence-corrected chi connectivity index (χ1v) is 9.64. The molecule has 2 saturated heterocycles. The quantitative estimate of drug-likeness (QED) is 0.890. The number of rotatable bonds is 5. The first kappa shape index (κ1) is 18.2. The van der Waals surface area contributed by atoms with Gasteiger partial charge in [-0.15, -0.1) is 0 Å². The zero-order valence-electron chi connectivity index (χ0n) is 16.4. The fraction of sp³-hybridized carbons (Fsp3) is 0.789. The molecular formula is C19H33N5O. The average molecular weight is 348 g/mol. The van der Waals surface area contributed by atoms with Crippen molar-refractivity contribution in [2.45, 2.75) is 53.0 Å². The third kappa shape index (κ3) is 3.54. The molecule has 0 bridgehead atoms. The summed E-state index contributed by atoms with van der Waals surface area (Å²) in [6.07, 6.45) is 4.06. The minimum atomic E-state index is 0.0234. The molecule has 2 fully saturated rings. The van der Waals surface area contributed by atoms with Gasteiger partial charge >= 0.3 is 6.03 Å². The van der Waals surface area contributed by atoms with Crippen LogP contribution in [0.25, 0.3) is 0 Å². The maximum absolute atomic E-state index is 12.8. The second kappa shape index (κ2) is 6.98. The van der Waals surface area contributed by atoms with Gasteiger partial charge in [0.15, 0.2) is 0 Å². The van der Waals surface area contributed by atoms with Gasteiger partial charge in [0.05, 0.1) is 17.6 Å². The van der Waals surface area contributed by atoms with Gasteiger partial charge in [0.2, 0.25) is 0 Å². The number of fused-ring (bicyclic) bond motifs is 1. The summed E-state index contributed by atoms with van der Waals surface area (Å²) >= 11 is 0. The Morgan fingerprint density at radius 2 is 2.16 bits per heavy atom. The Balaban J connectivity index is 1.69. The molecule has 0 spiro atoms. The zero-order chi connectivity index (χ0) is 18.2. The van der Waals surface area contributed by atoms with Crippen LogP contribution in [0.15, 0.2) is 6.20 Å². The van der Waals surface area contributed by atoms with Gasteiger partial charge in [-0.25, -0.2) is 4.79 Å². The maximum Gasteiger partial charge on any atom is 0.321 e. The number of anilines is 1. The van der Waals surface area contributed by atoms with Crippen molar-refractivity contribution in [1.82, 2.24) is 19.6 Å². The number of nitrogens with one attached hydrogen (secondary N) is 1. The van der Waals surface area contributed by atoms with Gasteiger partial charge in [-0.1, -0.05) is 34.1 Å². The molecule has 0 aromatic carbocycles. The number of likely N-dealkylation sites (tertiary alicyclic amines) is 2. The molecule has 25 heavy (non-hydrogen) atoms. The van der Waals surface area contributed by atoms with Crippen molar-refractivity contribution in [3.8, 4) is 0 Å². The second-order valence-corrected chi connectivity index (χ2v) is 8.53. The summed E-state index contributed by atoms with van der Waals surface area (Å²) in [6, 6.07) is 0.0234. The summed E-state index contributed by atoms with van der Waals surface area (Å²) in [7, 11) is 2.17. The standard InChI is InChI=1S/C19H33N5O/c1-6-7-8-24-17(14(2)3)16(9-20-24)21-18(25)23-11-15-10-22(5)12-19(15,4)13-23/h9,14-15H,6-8,10-13H2,1-5H3,(H,21,25)/t15-,19+/m0/s1. The molecule has 2 aliphatic heterocycles. The largest absolute Gasteiger partial charge is 0.324 e. The number of carbonyl (C=O) groups is 1. The molecule has 1 aromatic heterocycles. The normalized spacial score (nSPS) is 26.5. The van der Waals surface area contributed by atoms with E-state index in [-0.39, 0.29) is 11.4 Å².